The summed E-state index contributed by atoms with van der Waals surface area (Å²) in [4.78, 5) is 3.71. The molecule has 0 saturated heterocycles. The van der Waals surface area contributed by atoms with Gasteiger partial charge in [-0.1, -0.05) is 24.3 Å². The van der Waals surface area contributed by atoms with Crippen molar-refractivity contribution in [2.24, 2.45) is 0 Å². The molecule has 1 aromatic carbocycles. The van der Waals surface area contributed by atoms with Crippen LogP contribution in [0.4, 0.5) is 0 Å². The Balaban J connectivity index is 0.000000316. The Bertz CT molecular complexity index is 476. The minimum Gasteiger partial charge on any atom is -0.282 e. The lowest BCUT2D eigenvalue weighted by atomic mass is 10.4. The SMILES string of the molecule is Cl.O=S(=O)(O)c1ccccc1.c1ccncc1. The minimum atomic E-state index is -4.00. The zero-order chi connectivity index (χ0) is 11.9. The highest BCUT2D eigenvalue weighted by molar-refractivity contribution is 7.85. The van der Waals surface area contributed by atoms with Crippen LogP contribution >= 0.6 is 12.4 Å². The first kappa shape index (κ1) is 15.6. The Hall–Kier alpha value is -1.43. The van der Waals surface area contributed by atoms with Crippen molar-refractivity contribution in [3.05, 3.63) is 60.9 Å². The first-order valence-corrected chi connectivity index (χ1v) is 5.92. The van der Waals surface area contributed by atoms with Crippen molar-refractivity contribution in [1.29, 1.82) is 0 Å². The maximum Gasteiger partial charge on any atom is 0.294 e. The zero-order valence-corrected chi connectivity index (χ0v) is 10.4. The molecule has 0 aliphatic carbocycles. The van der Waals surface area contributed by atoms with Crippen molar-refractivity contribution in [2.75, 3.05) is 0 Å². The predicted molar refractivity (Wildman–Crippen MR) is 67.7 cm³/mol. The van der Waals surface area contributed by atoms with Crippen LogP contribution in [0.15, 0.2) is 65.8 Å². The highest BCUT2D eigenvalue weighted by atomic mass is 35.5. The minimum absolute atomic E-state index is 0. The third-order valence-electron chi connectivity index (χ3n) is 1.61. The molecule has 0 aliphatic rings. The van der Waals surface area contributed by atoms with Crippen LogP contribution < -0.4 is 0 Å². The van der Waals surface area contributed by atoms with Crippen molar-refractivity contribution >= 4 is 22.5 Å². The summed E-state index contributed by atoms with van der Waals surface area (Å²) in [5.41, 5.74) is 0. The summed E-state index contributed by atoms with van der Waals surface area (Å²) < 4.78 is 29.2. The van der Waals surface area contributed by atoms with E-state index in [1.807, 2.05) is 18.2 Å². The molecule has 1 N–H and O–H groups in total. The van der Waals surface area contributed by atoms with Gasteiger partial charge in [0.2, 0.25) is 0 Å². The largest absolute Gasteiger partial charge is 0.294 e. The van der Waals surface area contributed by atoms with Crippen LogP contribution in [0.3, 0.4) is 0 Å². The van der Waals surface area contributed by atoms with Crippen LogP contribution in [-0.4, -0.2) is 18.0 Å². The van der Waals surface area contributed by atoms with Crippen LogP contribution in [0, 0.1) is 0 Å². The Kier molecular flexibility index (Phi) is 7.13. The Morgan fingerprint density at radius 3 is 1.59 bits per heavy atom. The summed E-state index contributed by atoms with van der Waals surface area (Å²) >= 11 is 0. The predicted octanol–water partition coefficient (Wildman–Crippen LogP) is 2.44. The van der Waals surface area contributed by atoms with E-state index in [9.17, 15) is 8.42 Å². The summed E-state index contributed by atoms with van der Waals surface area (Å²) in [5, 5.41) is 0. The van der Waals surface area contributed by atoms with Crippen molar-refractivity contribution in [2.45, 2.75) is 4.90 Å². The van der Waals surface area contributed by atoms with Crippen molar-refractivity contribution in [3.8, 4) is 0 Å². The molecule has 0 saturated carbocycles. The van der Waals surface area contributed by atoms with E-state index in [4.69, 9.17) is 4.55 Å². The van der Waals surface area contributed by atoms with Gasteiger partial charge in [-0.3, -0.25) is 9.54 Å². The second-order valence-electron chi connectivity index (χ2n) is 2.81. The zero-order valence-electron chi connectivity index (χ0n) is 8.80. The summed E-state index contributed by atoms with van der Waals surface area (Å²) in [6, 6.07) is 13.1. The van der Waals surface area contributed by atoms with E-state index >= 15 is 0 Å². The fourth-order valence-corrected chi connectivity index (χ4v) is 1.41. The van der Waals surface area contributed by atoms with Crippen LogP contribution in [0.25, 0.3) is 0 Å². The van der Waals surface area contributed by atoms with E-state index < -0.39 is 10.1 Å². The summed E-state index contributed by atoms with van der Waals surface area (Å²) in [6.07, 6.45) is 3.50. The van der Waals surface area contributed by atoms with Crippen LogP contribution in [-0.2, 0) is 10.1 Å². The quantitative estimate of drug-likeness (QED) is 0.811. The lowest BCUT2D eigenvalue weighted by molar-refractivity contribution is 0.483. The molecule has 0 atom stereocenters. The molecule has 1 heterocycles. The number of benzene rings is 1. The number of pyridine rings is 1. The molecule has 4 nitrogen and oxygen atoms in total. The van der Waals surface area contributed by atoms with Gasteiger partial charge in [-0.15, -0.1) is 12.4 Å². The van der Waals surface area contributed by atoms with Gasteiger partial charge in [0.05, 0.1) is 4.90 Å². The van der Waals surface area contributed by atoms with Gasteiger partial charge in [-0.25, -0.2) is 0 Å². The average molecular weight is 274 g/mol. The third kappa shape index (κ3) is 6.68. The van der Waals surface area contributed by atoms with Gasteiger partial charge in [-0.2, -0.15) is 8.42 Å². The fraction of sp³-hybridized carbons (Fsp3) is 0. The smallest absolute Gasteiger partial charge is 0.282 e. The maximum atomic E-state index is 10.4. The fourth-order valence-electron chi connectivity index (χ4n) is 0.905. The second-order valence-corrected chi connectivity index (χ2v) is 4.23. The van der Waals surface area contributed by atoms with E-state index in [0.717, 1.165) is 0 Å². The van der Waals surface area contributed by atoms with E-state index in [-0.39, 0.29) is 17.3 Å². The van der Waals surface area contributed by atoms with Crippen molar-refractivity contribution < 1.29 is 13.0 Å². The van der Waals surface area contributed by atoms with Gasteiger partial charge >= 0.3 is 0 Å². The van der Waals surface area contributed by atoms with Gasteiger partial charge in [0.15, 0.2) is 0 Å². The van der Waals surface area contributed by atoms with Crippen LogP contribution in [0.2, 0.25) is 0 Å². The molecule has 0 spiro atoms. The average Bonchev–Trinajstić information content (AvgIpc) is 2.32. The second kappa shape index (κ2) is 7.78. The lowest BCUT2D eigenvalue weighted by Crippen LogP contribution is -1.96. The van der Waals surface area contributed by atoms with Crippen LogP contribution in [0.5, 0.6) is 0 Å². The standard InChI is InChI=1S/C6H6O3S.C5H5N.ClH/c7-10(8,9)6-4-2-1-3-5-6;1-2-4-6-5-3-1;/h1-5H,(H,7,8,9);1-5H;1H. The number of hydrogen-bond acceptors (Lipinski definition) is 3. The van der Waals surface area contributed by atoms with E-state index in [2.05, 4.69) is 4.98 Å². The van der Waals surface area contributed by atoms with Gasteiger partial charge < -0.3 is 0 Å². The first-order valence-electron chi connectivity index (χ1n) is 4.48. The lowest BCUT2D eigenvalue weighted by Gasteiger charge is -1.92. The molecule has 0 aliphatic heterocycles. The molecule has 0 bridgehead atoms. The molecule has 6 heteroatoms. The molecule has 2 rings (SSSR count). The highest BCUT2D eigenvalue weighted by Crippen LogP contribution is 2.05. The molecule has 17 heavy (non-hydrogen) atoms. The molecule has 0 amide bonds. The molecule has 92 valence electrons. The molecule has 0 fully saturated rings. The first-order chi connectivity index (χ1) is 7.61. The van der Waals surface area contributed by atoms with Crippen molar-refractivity contribution in [1.82, 2.24) is 4.98 Å². The monoisotopic (exact) mass is 273 g/mol. The highest BCUT2D eigenvalue weighted by Gasteiger charge is 2.05. The molecular weight excluding hydrogens is 262 g/mol. The number of rotatable bonds is 1. The number of aromatic nitrogens is 1. The van der Waals surface area contributed by atoms with Crippen molar-refractivity contribution in [3.63, 3.8) is 0 Å². The summed E-state index contributed by atoms with van der Waals surface area (Å²) in [6.45, 7) is 0. The number of halogens is 1. The molecule has 0 unspecified atom stereocenters. The Morgan fingerprint density at radius 1 is 0.882 bits per heavy atom. The van der Waals surface area contributed by atoms with Gasteiger partial charge in [0.25, 0.3) is 10.1 Å². The number of nitrogens with zero attached hydrogens (tertiary/aromatic N) is 1. The van der Waals surface area contributed by atoms with Gasteiger partial charge in [0, 0.05) is 12.4 Å². The third-order valence-corrected chi connectivity index (χ3v) is 2.48. The van der Waals surface area contributed by atoms with E-state index in [0.29, 0.717) is 0 Å². The summed E-state index contributed by atoms with van der Waals surface area (Å²) in [7, 11) is -4.00. The molecule has 1 aromatic heterocycles. The Morgan fingerprint density at radius 2 is 1.35 bits per heavy atom. The Labute approximate surface area is 106 Å². The van der Waals surface area contributed by atoms with Gasteiger partial charge in [0.1, 0.15) is 0 Å². The van der Waals surface area contributed by atoms with E-state index in [1.165, 1.54) is 12.1 Å². The maximum absolute atomic E-state index is 10.4. The van der Waals surface area contributed by atoms with E-state index in [1.54, 1.807) is 30.6 Å². The summed E-state index contributed by atoms with van der Waals surface area (Å²) in [5.74, 6) is 0. The number of hydrogen-bond donors (Lipinski definition) is 1. The molecule has 2 aromatic rings. The van der Waals surface area contributed by atoms with Gasteiger partial charge in [-0.05, 0) is 24.3 Å². The molecular formula is C11H12ClNO3S. The van der Waals surface area contributed by atoms with Crippen LogP contribution in [0.1, 0.15) is 0 Å². The normalized spacial score (nSPS) is 9.47. The topological polar surface area (TPSA) is 67.3 Å². The molecule has 0 radical (unpaired) electrons.